The molecule has 1 aromatic carbocycles. The number of amides is 4. The number of hydrogen-bond donors (Lipinski definition) is 3. The number of nitrogens with one attached hydrogen (secondary N) is 3. The molecule has 2 heterocycles. The van der Waals surface area contributed by atoms with E-state index in [9.17, 15) is 14.4 Å². The van der Waals surface area contributed by atoms with Gasteiger partial charge in [0.05, 0.1) is 0 Å². The van der Waals surface area contributed by atoms with Crippen molar-refractivity contribution in [3.05, 3.63) is 35.9 Å². The minimum atomic E-state index is -0.851. The van der Waals surface area contributed by atoms with E-state index in [0.717, 1.165) is 10.5 Å². The van der Waals surface area contributed by atoms with Gasteiger partial charge in [0, 0.05) is 6.54 Å². The second-order valence-corrected chi connectivity index (χ2v) is 6.32. The van der Waals surface area contributed by atoms with Crippen LogP contribution in [-0.2, 0) is 16.1 Å². The zero-order chi connectivity index (χ0) is 17.2. The summed E-state index contributed by atoms with van der Waals surface area (Å²) < 4.78 is 0. The first-order chi connectivity index (χ1) is 11.5. The molecule has 2 saturated heterocycles. The van der Waals surface area contributed by atoms with Crippen molar-refractivity contribution in [3.63, 3.8) is 0 Å². The summed E-state index contributed by atoms with van der Waals surface area (Å²) in [5.41, 5.74) is 0.112. The van der Waals surface area contributed by atoms with Crippen LogP contribution in [0.25, 0.3) is 0 Å². The zero-order valence-electron chi connectivity index (χ0n) is 13.7. The summed E-state index contributed by atoms with van der Waals surface area (Å²) in [5, 5.41) is 8.75. The molecule has 128 valence electrons. The van der Waals surface area contributed by atoms with Crippen LogP contribution in [0.1, 0.15) is 25.3 Å². The Kier molecular flexibility index (Phi) is 4.53. The van der Waals surface area contributed by atoms with Crippen LogP contribution in [-0.4, -0.2) is 47.4 Å². The summed E-state index contributed by atoms with van der Waals surface area (Å²) in [6.45, 7) is 3.30. The third-order valence-corrected chi connectivity index (χ3v) is 4.73. The van der Waals surface area contributed by atoms with Crippen LogP contribution in [0.4, 0.5) is 4.79 Å². The Morgan fingerprint density at radius 2 is 1.92 bits per heavy atom. The third-order valence-electron chi connectivity index (χ3n) is 4.73. The van der Waals surface area contributed by atoms with Gasteiger partial charge in [-0.1, -0.05) is 30.3 Å². The van der Waals surface area contributed by atoms with Gasteiger partial charge in [-0.2, -0.15) is 0 Å². The molecule has 0 aromatic heterocycles. The quantitative estimate of drug-likeness (QED) is 0.696. The van der Waals surface area contributed by atoms with E-state index in [4.69, 9.17) is 0 Å². The van der Waals surface area contributed by atoms with E-state index < -0.39 is 17.6 Å². The van der Waals surface area contributed by atoms with E-state index in [1.807, 2.05) is 30.3 Å². The van der Waals surface area contributed by atoms with Gasteiger partial charge in [0.1, 0.15) is 11.6 Å². The number of piperidine rings is 1. The molecule has 24 heavy (non-hydrogen) atoms. The standard InChI is InChI=1S/C17H22N4O3/c1-12(14(22)19-11-13-5-3-2-4-6-13)21-15(23)17(20-16(21)24)7-9-18-10-8-17/h2-6,12,18H,7-11H2,1H3,(H,19,22)(H,20,24)/t12-/m0/s1. The summed E-state index contributed by atoms with van der Waals surface area (Å²) in [5.74, 6) is -0.635. The van der Waals surface area contributed by atoms with Gasteiger partial charge in [-0.25, -0.2) is 9.69 Å². The second kappa shape index (κ2) is 6.60. The maximum Gasteiger partial charge on any atom is 0.325 e. The number of urea groups is 1. The number of carbonyl (C=O) groups excluding carboxylic acids is 3. The summed E-state index contributed by atoms with van der Waals surface area (Å²) >= 11 is 0. The number of rotatable bonds is 4. The number of hydrogen-bond acceptors (Lipinski definition) is 4. The highest BCUT2D eigenvalue weighted by Crippen LogP contribution is 2.28. The zero-order valence-corrected chi connectivity index (χ0v) is 13.7. The Morgan fingerprint density at radius 1 is 1.25 bits per heavy atom. The van der Waals surface area contributed by atoms with Crippen molar-refractivity contribution in [2.24, 2.45) is 0 Å². The number of imide groups is 1. The van der Waals surface area contributed by atoms with Crippen LogP contribution in [0.5, 0.6) is 0 Å². The molecule has 0 unspecified atom stereocenters. The van der Waals surface area contributed by atoms with E-state index in [2.05, 4.69) is 16.0 Å². The van der Waals surface area contributed by atoms with Crippen molar-refractivity contribution in [1.29, 1.82) is 0 Å². The van der Waals surface area contributed by atoms with E-state index in [1.165, 1.54) is 0 Å². The first-order valence-electron chi connectivity index (χ1n) is 8.22. The van der Waals surface area contributed by atoms with Crippen LogP contribution in [0.15, 0.2) is 30.3 Å². The molecule has 0 radical (unpaired) electrons. The van der Waals surface area contributed by atoms with Crippen molar-refractivity contribution >= 4 is 17.8 Å². The Balaban J connectivity index is 1.65. The molecule has 7 heteroatoms. The summed E-state index contributed by atoms with van der Waals surface area (Å²) in [4.78, 5) is 38.4. The van der Waals surface area contributed by atoms with Crippen molar-refractivity contribution in [2.45, 2.75) is 37.9 Å². The fraction of sp³-hybridized carbons (Fsp3) is 0.471. The second-order valence-electron chi connectivity index (χ2n) is 6.32. The molecule has 2 aliphatic rings. The van der Waals surface area contributed by atoms with Crippen molar-refractivity contribution < 1.29 is 14.4 Å². The molecule has 1 spiro atoms. The fourth-order valence-corrected chi connectivity index (χ4v) is 3.24. The predicted molar refractivity (Wildman–Crippen MR) is 88.0 cm³/mol. The Bertz CT molecular complexity index is 640. The molecule has 3 rings (SSSR count). The summed E-state index contributed by atoms with van der Waals surface area (Å²) in [6.07, 6.45) is 1.10. The van der Waals surface area contributed by atoms with Gasteiger partial charge < -0.3 is 16.0 Å². The first kappa shape index (κ1) is 16.4. The molecule has 4 amide bonds. The van der Waals surface area contributed by atoms with Crippen LogP contribution in [0.3, 0.4) is 0 Å². The molecular weight excluding hydrogens is 308 g/mol. The molecular formula is C17H22N4O3. The maximum atomic E-state index is 12.7. The molecule has 2 aliphatic heterocycles. The normalized spacial score (nSPS) is 20.8. The lowest BCUT2D eigenvalue weighted by molar-refractivity contribution is -0.138. The molecule has 1 atom stereocenters. The summed E-state index contributed by atoms with van der Waals surface area (Å²) in [7, 11) is 0. The van der Waals surface area contributed by atoms with Gasteiger partial charge in [-0.3, -0.25) is 9.59 Å². The van der Waals surface area contributed by atoms with Gasteiger partial charge in [-0.15, -0.1) is 0 Å². The van der Waals surface area contributed by atoms with Crippen molar-refractivity contribution in [3.8, 4) is 0 Å². The van der Waals surface area contributed by atoms with E-state index in [0.29, 0.717) is 32.5 Å². The average Bonchev–Trinajstić information content (AvgIpc) is 2.83. The number of nitrogens with zero attached hydrogens (tertiary/aromatic N) is 1. The van der Waals surface area contributed by atoms with Gasteiger partial charge in [-0.05, 0) is 38.4 Å². The van der Waals surface area contributed by atoms with Crippen molar-refractivity contribution in [2.75, 3.05) is 13.1 Å². The van der Waals surface area contributed by atoms with E-state index in [-0.39, 0.29) is 11.8 Å². The lowest BCUT2D eigenvalue weighted by Gasteiger charge is -2.31. The highest BCUT2D eigenvalue weighted by atomic mass is 16.2. The van der Waals surface area contributed by atoms with Gasteiger partial charge in [0.2, 0.25) is 5.91 Å². The smallest absolute Gasteiger partial charge is 0.325 e. The minimum absolute atomic E-state index is 0.295. The molecule has 1 aromatic rings. The number of benzene rings is 1. The molecule has 0 aliphatic carbocycles. The molecule has 3 N–H and O–H groups in total. The van der Waals surface area contributed by atoms with Gasteiger partial charge in [0.25, 0.3) is 5.91 Å². The van der Waals surface area contributed by atoms with Gasteiger partial charge >= 0.3 is 6.03 Å². The van der Waals surface area contributed by atoms with Crippen molar-refractivity contribution in [1.82, 2.24) is 20.9 Å². The van der Waals surface area contributed by atoms with Crippen LogP contribution < -0.4 is 16.0 Å². The topological polar surface area (TPSA) is 90.5 Å². The molecule has 0 saturated carbocycles. The fourth-order valence-electron chi connectivity index (χ4n) is 3.24. The Hall–Kier alpha value is -2.41. The van der Waals surface area contributed by atoms with E-state index in [1.54, 1.807) is 6.92 Å². The molecule has 0 bridgehead atoms. The maximum absolute atomic E-state index is 12.7. The number of carbonyl (C=O) groups is 3. The molecule has 2 fully saturated rings. The lowest BCUT2D eigenvalue weighted by atomic mass is 9.88. The average molecular weight is 330 g/mol. The van der Waals surface area contributed by atoms with E-state index >= 15 is 0 Å². The third kappa shape index (κ3) is 2.99. The largest absolute Gasteiger partial charge is 0.350 e. The Morgan fingerprint density at radius 3 is 2.58 bits per heavy atom. The first-order valence-corrected chi connectivity index (χ1v) is 8.22. The lowest BCUT2D eigenvalue weighted by Crippen LogP contribution is -2.55. The van der Waals surface area contributed by atoms with Crippen LogP contribution in [0, 0.1) is 0 Å². The Labute approximate surface area is 140 Å². The highest BCUT2D eigenvalue weighted by Gasteiger charge is 2.53. The summed E-state index contributed by atoms with van der Waals surface area (Å²) in [6, 6.07) is 8.18. The van der Waals surface area contributed by atoms with Gasteiger partial charge in [0.15, 0.2) is 0 Å². The predicted octanol–water partition coefficient (Wildman–Crippen LogP) is 0.365. The minimum Gasteiger partial charge on any atom is -0.350 e. The van der Waals surface area contributed by atoms with Crippen LogP contribution >= 0.6 is 0 Å². The SMILES string of the molecule is C[C@@H](C(=O)NCc1ccccc1)N1C(=O)NC2(CCNCC2)C1=O. The highest BCUT2D eigenvalue weighted by molar-refractivity contribution is 6.09. The monoisotopic (exact) mass is 330 g/mol. The molecule has 7 nitrogen and oxygen atoms in total. The van der Waals surface area contributed by atoms with Crippen LogP contribution in [0.2, 0.25) is 0 Å².